The first kappa shape index (κ1) is 24.5. The summed E-state index contributed by atoms with van der Waals surface area (Å²) in [5.74, 6) is 1.80. The molecule has 34 heavy (non-hydrogen) atoms. The SMILES string of the molecule is CCCCn1c2cc(C(=O)N(CCC(C)C)CCC(C)C)ccc2n2c(=O)c3sccc3nc12. The number of nitrogens with zero attached hydrogens (tertiary/aromatic N) is 4. The van der Waals surface area contributed by atoms with Crippen LogP contribution in [0.4, 0.5) is 0 Å². The molecule has 3 aromatic heterocycles. The van der Waals surface area contributed by atoms with E-state index in [4.69, 9.17) is 4.98 Å². The van der Waals surface area contributed by atoms with Crippen LogP contribution in [0.25, 0.3) is 27.0 Å². The maximum atomic E-state index is 13.6. The van der Waals surface area contributed by atoms with E-state index in [9.17, 15) is 9.59 Å². The number of amides is 1. The molecular weight excluding hydrogens is 444 g/mol. The summed E-state index contributed by atoms with van der Waals surface area (Å²) in [6.07, 6.45) is 3.98. The van der Waals surface area contributed by atoms with Crippen LogP contribution in [0.1, 0.15) is 70.7 Å². The van der Waals surface area contributed by atoms with Gasteiger partial charge in [-0.15, -0.1) is 11.3 Å². The Balaban J connectivity index is 1.82. The molecule has 0 unspecified atom stereocenters. The van der Waals surface area contributed by atoms with Crippen molar-refractivity contribution in [1.82, 2.24) is 18.9 Å². The summed E-state index contributed by atoms with van der Waals surface area (Å²) in [5.41, 5.74) is 3.08. The van der Waals surface area contributed by atoms with E-state index in [-0.39, 0.29) is 11.5 Å². The molecule has 0 aliphatic carbocycles. The predicted molar refractivity (Wildman–Crippen MR) is 142 cm³/mol. The van der Waals surface area contributed by atoms with Crippen molar-refractivity contribution in [3.63, 3.8) is 0 Å². The normalized spacial score (nSPS) is 12.1. The number of aryl methyl sites for hydroxylation is 1. The van der Waals surface area contributed by atoms with Crippen molar-refractivity contribution in [2.24, 2.45) is 11.8 Å². The zero-order chi connectivity index (χ0) is 24.4. The fourth-order valence-corrected chi connectivity index (χ4v) is 5.09. The van der Waals surface area contributed by atoms with Gasteiger partial charge in [0, 0.05) is 25.2 Å². The molecule has 0 N–H and O–H groups in total. The minimum absolute atomic E-state index is 0.0372. The molecule has 0 aliphatic heterocycles. The highest BCUT2D eigenvalue weighted by atomic mass is 32.1. The Kier molecular flexibility index (Phi) is 7.41. The van der Waals surface area contributed by atoms with Crippen molar-refractivity contribution in [3.8, 4) is 0 Å². The van der Waals surface area contributed by atoms with Crippen LogP contribution >= 0.6 is 11.3 Å². The van der Waals surface area contributed by atoms with E-state index in [1.807, 2.05) is 34.5 Å². The first-order chi connectivity index (χ1) is 16.3. The summed E-state index contributed by atoms with van der Waals surface area (Å²) in [4.78, 5) is 33.8. The quantitative estimate of drug-likeness (QED) is 0.272. The van der Waals surface area contributed by atoms with E-state index < -0.39 is 0 Å². The fraction of sp³-hybridized carbons (Fsp3) is 0.519. The molecule has 4 rings (SSSR count). The van der Waals surface area contributed by atoms with Crippen molar-refractivity contribution < 1.29 is 4.79 Å². The number of benzene rings is 1. The van der Waals surface area contributed by atoms with Gasteiger partial charge in [-0.05, 0) is 60.7 Å². The molecule has 0 bridgehead atoms. The van der Waals surface area contributed by atoms with Gasteiger partial charge in [0.1, 0.15) is 4.70 Å². The van der Waals surface area contributed by atoms with Crippen LogP contribution in [0.2, 0.25) is 0 Å². The zero-order valence-electron chi connectivity index (χ0n) is 21.0. The van der Waals surface area contributed by atoms with Crippen LogP contribution in [0.5, 0.6) is 0 Å². The smallest absolute Gasteiger partial charge is 0.277 e. The van der Waals surface area contributed by atoms with E-state index >= 15 is 0 Å². The molecule has 3 heterocycles. The molecule has 1 amide bonds. The lowest BCUT2D eigenvalue weighted by molar-refractivity contribution is 0.0741. The molecule has 0 spiro atoms. The van der Waals surface area contributed by atoms with E-state index in [1.54, 1.807) is 4.40 Å². The van der Waals surface area contributed by atoms with Gasteiger partial charge in [0.05, 0.1) is 16.6 Å². The number of carbonyl (C=O) groups excluding carboxylic acids is 1. The second-order valence-corrected chi connectivity index (χ2v) is 11.0. The van der Waals surface area contributed by atoms with Crippen LogP contribution in [0.15, 0.2) is 34.4 Å². The maximum Gasteiger partial charge on any atom is 0.277 e. The Bertz CT molecular complexity index is 1350. The monoisotopic (exact) mass is 480 g/mol. The van der Waals surface area contributed by atoms with Gasteiger partial charge in [-0.2, -0.15) is 0 Å². The molecule has 0 radical (unpaired) electrons. The Morgan fingerprint density at radius 2 is 1.76 bits per heavy atom. The molecule has 0 saturated carbocycles. The third-order valence-electron chi connectivity index (χ3n) is 6.43. The molecule has 0 atom stereocenters. The van der Waals surface area contributed by atoms with Crippen LogP contribution in [0, 0.1) is 11.8 Å². The first-order valence-electron chi connectivity index (χ1n) is 12.5. The molecule has 7 heteroatoms. The lowest BCUT2D eigenvalue weighted by atomic mass is 10.1. The molecule has 1 aromatic carbocycles. The van der Waals surface area contributed by atoms with Crippen LogP contribution < -0.4 is 5.56 Å². The van der Waals surface area contributed by atoms with Crippen LogP contribution in [-0.4, -0.2) is 37.8 Å². The van der Waals surface area contributed by atoms with E-state index in [1.165, 1.54) is 11.3 Å². The summed E-state index contributed by atoms with van der Waals surface area (Å²) < 4.78 is 4.49. The van der Waals surface area contributed by atoms with E-state index in [0.29, 0.717) is 27.9 Å². The van der Waals surface area contributed by atoms with Gasteiger partial charge in [0.25, 0.3) is 11.5 Å². The summed E-state index contributed by atoms with van der Waals surface area (Å²) in [6, 6.07) is 7.66. The Labute approximate surface area is 205 Å². The van der Waals surface area contributed by atoms with Gasteiger partial charge in [0.15, 0.2) is 0 Å². The van der Waals surface area contributed by atoms with Gasteiger partial charge in [0.2, 0.25) is 5.78 Å². The van der Waals surface area contributed by atoms with Crippen molar-refractivity contribution in [2.45, 2.75) is 66.8 Å². The molecular formula is C27H36N4O2S. The minimum Gasteiger partial charge on any atom is -0.339 e. The number of thiophene rings is 1. The van der Waals surface area contributed by atoms with Gasteiger partial charge in [-0.3, -0.25) is 9.59 Å². The number of carbonyl (C=O) groups is 1. The van der Waals surface area contributed by atoms with E-state index in [0.717, 1.165) is 61.9 Å². The van der Waals surface area contributed by atoms with Gasteiger partial charge in [-0.1, -0.05) is 41.0 Å². The molecule has 182 valence electrons. The van der Waals surface area contributed by atoms with Crippen LogP contribution in [0.3, 0.4) is 0 Å². The average Bonchev–Trinajstić information content (AvgIpc) is 3.39. The highest BCUT2D eigenvalue weighted by molar-refractivity contribution is 7.17. The highest BCUT2D eigenvalue weighted by Gasteiger charge is 2.21. The standard InChI is InChI=1S/C27H36N4O2S/c1-6-7-13-30-23-17-20(25(32)29(14-10-18(2)3)15-11-19(4)5)8-9-22(23)31-26(33)24-21(12-16-34-24)28-27(30)31/h8-9,12,16-19H,6-7,10-11,13-15H2,1-5H3. The lowest BCUT2D eigenvalue weighted by Crippen LogP contribution is -2.34. The third-order valence-corrected chi connectivity index (χ3v) is 7.32. The average molecular weight is 481 g/mol. The van der Waals surface area contributed by atoms with Gasteiger partial charge < -0.3 is 9.47 Å². The first-order valence-corrected chi connectivity index (χ1v) is 13.4. The molecule has 0 aliphatic rings. The summed E-state index contributed by atoms with van der Waals surface area (Å²) in [7, 11) is 0. The zero-order valence-corrected chi connectivity index (χ0v) is 21.8. The second-order valence-electron chi connectivity index (χ2n) is 10.1. The number of rotatable bonds is 10. The number of unbranched alkanes of at least 4 members (excludes halogenated alkanes) is 1. The summed E-state index contributed by atoms with van der Waals surface area (Å²) in [6.45, 7) is 13.2. The fourth-order valence-electron chi connectivity index (χ4n) is 4.33. The summed E-state index contributed by atoms with van der Waals surface area (Å²) in [5, 5.41) is 1.91. The number of imidazole rings is 1. The largest absolute Gasteiger partial charge is 0.339 e. The lowest BCUT2D eigenvalue weighted by Gasteiger charge is -2.24. The topological polar surface area (TPSA) is 59.6 Å². The van der Waals surface area contributed by atoms with Crippen molar-refractivity contribution >= 4 is 44.3 Å². The number of hydrogen-bond donors (Lipinski definition) is 0. The van der Waals surface area contributed by atoms with Gasteiger partial charge >= 0.3 is 0 Å². The Hall–Kier alpha value is -2.67. The summed E-state index contributed by atoms with van der Waals surface area (Å²) >= 11 is 1.43. The maximum absolute atomic E-state index is 13.6. The number of fused-ring (bicyclic) bond motifs is 4. The minimum atomic E-state index is -0.0372. The molecule has 6 nitrogen and oxygen atoms in total. The highest BCUT2D eigenvalue weighted by Crippen LogP contribution is 2.25. The van der Waals surface area contributed by atoms with Crippen LogP contribution in [-0.2, 0) is 6.54 Å². The predicted octanol–water partition coefficient (Wildman–Crippen LogP) is 6.20. The Morgan fingerprint density at radius 1 is 1.06 bits per heavy atom. The van der Waals surface area contributed by atoms with Crippen molar-refractivity contribution in [1.29, 1.82) is 0 Å². The Morgan fingerprint density at radius 3 is 2.41 bits per heavy atom. The molecule has 0 saturated heterocycles. The van der Waals surface area contributed by atoms with Crippen molar-refractivity contribution in [3.05, 3.63) is 45.6 Å². The van der Waals surface area contributed by atoms with Gasteiger partial charge in [-0.25, -0.2) is 9.38 Å². The third kappa shape index (κ3) is 4.76. The molecule has 0 fully saturated rings. The second kappa shape index (κ2) is 10.3. The number of aromatic nitrogens is 3. The van der Waals surface area contributed by atoms with E-state index in [2.05, 4.69) is 39.2 Å². The van der Waals surface area contributed by atoms with Crippen molar-refractivity contribution in [2.75, 3.05) is 13.1 Å². The molecule has 4 aromatic rings. The number of hydrogen-bond acceptors (Lipinski definition) is 4.